The summed E-state index contributed by atoms with van der Waals surface area (Å²) in [6, 6.07) is 8.20. The lowest BCUT2D eigenvalue weighted by Crippen LogP contribution is -2.28. The van der Waals surface area contributed by atoms with Crippen LogP contribution in [0.3, 0.4) is 0 Å². The van der Waals surface area contributed by atoms with Crippen molar-refractivity contribution in [2.45, 2.75) is 0 Å². The van der Waals surface area contributed by atoms with Gasteiger partial charge in [-0.2, -0.15) is 0 Å². The Morgan fingerprint density at radius 3 is 2.50 bits per heavy atom. The number of hydrogen-bond donors (Lipinski definition) is 4. The van der Waals surface area contributed by atoms with E-state index in [9.17, 15) is 0 Å². The van der Waals surface area contributed by atoms with E-state index in [0.29, 0.717) is 18.9 Å². The zero-order valence-corrected chi connectivity index (χ0v) is 11.8. The molecule has 6 heteroatoms. The number of rotatable bonds is 5. The molecule has 0 aliphatic rings. The quantitative estimate of drug-likeness (QED) is 0.577. The molecule has 5 N–H and O–H groups in total. The van der Waals surface area contributed by atoms with Crippen molar-refractivity contribution in [2.24, 2.45) is 0 Å². The van der Waals surface area contributed by atoms with Crippen molar-refractivity contribution in [1.82, 2.24) is 4.98 Å². The fourth-order valence-electron chi connectivity index (χ4n) is 2.40. The summed E-state index contributed by atoms with van der Waals surface area (Å²) in [6.45, 7) is 1.20. The monoisotopic (exact) mass is 291 g/mol. The molecule has 0 spiro atoms. The fourth-order valence-corrected chi connectivity index (χ4v) is 3.55. The molecule has 0 atom stereocenters. The van der Waals surface area contributed by atoms with Crippen LogP contribution in [0.15, 0.2) is 24.3 Å². The lowest BCUT2D eigenvalue weighted by Gasteiger charge is -2.20. The lowest BCUT2D eigenvalue weighted by atomic mass is 10.2. The van der Waals surface area contributed by atoms with Crippen LogP contribution < -0.4 is 10.6 Å². The van der Waals surface area contributed by atoms with Gasteiger partial charge in [-0.05, 0) is 29.7 Å². The number of aromatic nitrogens is 1. The molecule has 1 aromatic carbocycles. The summed E-state index contributed by atoms with van der Waals surface area (Å²) in [5.41, 5.74) is 6.79. The minimum Gasteiger partial charge on any atom is -0.395 e. The normalized spacial score (nSPS) is 11.5. The Labute approximate surface area is 120 Å². The molecule has 0 amide bonds. The zero-order valence-electron chi connectivity index (χ0n) is 11.0. The zero-order chi connectivity index (χ0) is 14.1. The molecule has 5 nitrogen and oxygen atoms in total. The Kier molecular flexibility index (Phi) is 3.52. The summed E-state index contributed by atoms with van der Waals surface area (Å²) in [5.74, 6) is 0.667. The Morgan fingerprint density at radius 2 is 1.80 bits per heavy atom. The number of fused-ring (bicyclic) bond motifs is 2. The molecule has 0 radical (unpaired) electrons. The molecular formula is C14H17N3O2S. The van der Waals surface area contributed by atoms with Crippen molar-refractivity contribution in [3.63, 3.8) is 0 Å². The van der Waals surface area contributed by atoms with E-state index in [1.165, 1.54) is 4.70 Å². The van der Waals surface area contributed by atoms with Gasteiger partial charge in [0.1, 0.15) is 5.82 Å². The van der Waals surface area contributed by atoms with E-state index >= 15 is 0 Å². The molecule has 0 bridgehead atoms. The molecule has 0 aliphatic heterocycles. The van der Waals surface area contributed by atoms with Crippen LogP contribution in [-0.2, 0) is 0 Å². The van der Waals surface area contributed by atoms with Crippen molar-refractivity contribution in [1.29, 1.82) is 0 Å². The second-order valence-electron chi connectivity index (χ2n) is 4.72. The van der Waals surface area contributed by atoms with Gasteiger partial charge in [-0.3, -0.25) is 0 Å². The van der Waals surface area contributed by atoms with E-state index in [-0.39, 0.29) is 13.2 Å². The fraction of sp³-hybridized carbons (Fsp3) is 0.286. The number of H-pyrrole nitrogens is 1. The molecular weight excluding hydrogens is 274 g/mol. The van der Waals surface area contributed by atoms with E-state index in [0.717, 1.165) is 21.3 Å². The van der Waals surface area contributed by atoms with Crippen LogP contribution >= 0.6 is 11.3 Å². The van der Waals surface area contributed by atoms with Gasteiger partial charge in [0.05, 0.1) is 18.2 Å². The lowest BCUT2D eigenvalue weighted by molar-refractivity contribution is 0.281. The summed E-state index contributed by atoms with van der Waals surface area (Å²) in [6.07, 6.45) is 0. The molecule has 106 valence electrons. The molecule has 3 aromatic rings. The first kappa shape index (κ1) is 13.2. The van der Waals surface area contributed by atoms with Gasteiger partial charge in [0, 0.05) is 28.7 Å². The SMILES string of the molecule is Nc1cc2cc3sc(N(CCO)CCO)cc3cc2[nH]1. The van der Waals surface area contributed by atoms with Gasteiger partial charge in [-0.25, -0.2) is 0 Å². The third-order valence-electron chi connectivity index (χ3n) is 3.32. The number of nitrogen functional groups attached to an aromatic ring is 1. The third-order valence-corrected chi connectivity index (χ3v) is 4.48. The van der Waals surface area contributed by atoms with Crippen LogP contribution in [0.2, 0.25) is 0 Å². The maximum atomic E-state index is 9.11. The van der Waals surface area contributed by atoms with Gasteiger partial charge >= 0.3 is 0 Å². The molecule has 0 saturated heterocycles. The molecule has 0 unspecified atom stereocenters. The van der Waals surface area contributed by atoms with Gasteiger partial charge in [0.15, 0.2) is 0 Å². The minimum atomic E-state index is 0.0750. The number of aliphatic hydroxyl groups is 2. The molecule has 20 heavy (non-hydrogen) atoms. The molecule has 2 heterocycles. The van der Waals surface area contributed by atoms with Crippen molar-refractivity contribution in [3.8, 4) is 0 Å². The van der Waals surface area contributed by atoms with E-state index in [4.69, 9.17) is 15.9 Å². The summed E-state index contributed by atoms with van der Waals surface area (Å²) in [7, 11) is 0. The van der Waals surface area contributed by atoms with E-state index in [1.54, 1.807) is 11.3 Å². The van der Waals surface area contributed by atoms with Gasteiger partial charge in [0.2, 0.25) is 0 Å². The summed E-state index contributed by atoms with van der Waals surface area (Å²) in [5, 5.41) is 21.5. The van der Waals surface area contributed by atoms with E-state index in [2.05, 4.69) is 23.2 Å². The number of benzene rings is 1. The Hall–Kier alpha value is -1.76. The highest BCUT2D eigenvalue weighted by molar-refractivity contribution is 7.22. The molecule has 2 aromatic heterocycles. The Bertz CT molecular complexity index is 678. The van der Waals surface area contributed by atoms with Crippen LogP contribution in [-0.4, -0.2) is 41.5 Å². The predicted octanol–water partition coefficient (Wildman–Crippen LogP) is 1.76. The molecule has 0 fully saturated rings. The highest BCUT2D eigenvalue weighted by Gasteiger charge is 2.11. The van der Waals surface area contributed by atoms with Crippen LogP contribution in [0.4, 0.5) is 10.8 Å². The summed E-state index contributed by atoms with van der Waals surface area (Å²) >= 11 is 1.66. The van der Waals surface area contributed by atoms with Gasteiger partial charge in [0.25, 0.3) is 0 Å². The van der Waals surface area contributed by atoms with Crippen LogP contribution in [0.1, 0.15) is 0 Å². The maximum Gasteiger partial charge on any atom is 0.101 e. The van der Waals surface area contributed by atoms with Crippen LogP contribution in [0, 0.1) is 0 Å². The van der Waals surface area contributed by atoms with Crippen molar-refractivity contribution < 1.29 is 10.2 Å². The number of aliphatic hydroxyl groups excluding tert-OH is 2. The van der Waals surface area contributed by atoms with Gasteiger partial charge in [-0.1, -0.05) is 0 Å². The highest BCUT2D eigenvalue weighted by Crippen LogP contribution is 2.35. The second kappa shape index (κ2) is 5.32. The number of hydrogen-bond acceptors (Lipinski definition) is 5. The van der Waals surface area contributed by atoms with Crippen molar-refractivity contribution >= 4 is 43.1 Å². The topological polar surface area (TPSA) is 85.5 Å². The number of anilines is 2. The van der Waals surface area contributed by atoms with Gasteiger partial charge < -0.3 is 25.8 Å². The van der Waals surface area contributed by atoms with Crippen molar-refractivity contribution in [2.75, 3.05) is 36.9 Å². The maximum absolute atomic E-state index is 9.11. The number of aromatic amines is 1. The smallest absolute Gasteiger partial charge is 0.101 e. The van der Waals surface area contributed by atoms with Crippen molar-refractivity contribution in [3.05, 3.63) is 24.3 Å². The van der Waals surface area contributed by atoms with Crippen LogP contribution in [0.25, 0.3) is 21.0 Å². The summed E-state index contributed by atoms with van der Waals surface area (Å²) < 4.78 is 1.17. The average Bonchev–Trinajstić information content (AvgIpc) is 2.96. The number of thiophene rings is 1. The first-order valence-corrected chi connectivity index (χ1v) is 7.31. The second-order valence-corrected chi connectivity index (χ2v) is 5.78. The number of nitrogens with one attached hydrogen (secondary N) is 1. The van der Waals surface area contributed by atoms with Crippen LogP contribution in [0.5, 0.6) is 0 Å². The predicted molar refractivity (Wildman–Crippen MR) is 84.5 cm³/mol. The average molecular weight is 291 g/mol. The third kappa shape index (κ3) is 2.33. The highest BCUT2D eigenvalue weighted by atomic mass is 32.1. The van der Waals surface area contributed by atoms with E-state index in [1.807, 2.05) is 11.0 Å². The first-order valence-electron chi connectivity index (χ1n) is 6.49. The molecule has 0 aliphatic carbocycles. The van der Waals surface area contributed by atoms with E-state index < -0.39 is 0 Å². The first-order chi connectivity index (χ1) is 9.71. The standard InChI is InChI=1S/C14H17N3O2S/c15-13-7-9-6-12-10(5-11(9)16-13)8-14(20-12)17(1-3-18)2-4-19/h5-8,16,18-19H,1-4,15H2. The van der Waals surface area contributed by atoms with Gasteiger partial charge in [-0.15, -0.1) is 11.3 Å². The Morgan fingerprint density at radius 1 is 1.05 bits per heavy atom. The molecule has 0 saturated carbocycles. The molecule has 3 rings (SSSR count). The minimum absolute atomic E-state index is 0.0750. The Balaban J connectivity index is 2.04. The summed E-state index contributed by atoms with van der Waals surface area (Å²) in [4.78, 5) is 5.12. The number of nitrogens with two attached hydrogens (primary N) is 1. The number of nitrogens with zero attached hydrogens (tertiary/aromatic N) is 1. The largest absolute Gasteiger partial charge is 0.395 e.